The maximum Gasteiger partial charge on any atom is 0.134 e. The summed E-state index contributed by atoms with van der Waals surface area (Å²) in [6.45, 7) is 0.326. The molecule has 1 aromatic carbocycles. The van der Waals surface area contributed by atoms with E-state index >= 15 is 0 Å². The minimum atomic E-state index is -1.33. The van der Waals surface area contributed by atoms with Gasteiger partial charge in [-0.2, -0.15) is 0 Å². The summed E-state index contributed by atoms with van der Waals surface area (Å²) in [5, 5.41) is 24.5. The molecule has 2 N–H and O–H groups in total. The van der Waals surface area contributed by atoms with Crippen LogP contribution in [0.1, 0.15) is 11.1 Å². The number of hydrogen-bond acceptors (Lipinski definition) is 4. The fourth-order valence-corrected chi connectivity index (χ4v) is 1.12. The van der Waals surface area contributed by atoms with Crippen molar-refractivity contribution in [2.75, 3.05) is 0 Å². The topological polar surface area (TPSA) is 104 Å². The van der Waals surface area contributed by atoms with Crippen molar-refractivity contribution in [2.24, 2.45) is 0 Å². The van der Waals surface area contributed by atoms with E-state index in [0.29, 0.717) is 0 Å². The van der Waals surface area contributed by atoms with E-state index in [1.807, 2.05) is 0 Å². The molecule has 6 heteroatoms. The Morgan fingerprint density at radius 3 is 1.44 bits per heavy atom. The highest BCUT2D eigenvalue weighted by Crippen LogP contribution is 2.03. The largest absolute Gasteiger partial charge is 0.530 e. The Labute approximate surface area is 91.9 Å². The SMILES string of the molecule is O=C([O-])NCc1ccc(CNC(=O)[O-])cc1. The van der Waals surface area contributed by atoms with Crippen LogP contribution in [0.4, 0.5) is 9.59 Å². The highest BCUT2D eigenvalue weighted by Gasteiger charge is 1.94. The number of amides is 2. The average molecular weight is 222 g/mol. The molecule has 0 radical (unpaired) electrons. The zero-order valence-corrected chi connectivity index (χ0v) is 8.36. The van der Waals surface area contributed by atoms with Crippen LogP contribution < -0.4 is 20.8 Å². The molecule has 0 saturated carbocycles. The zero-order chi connectivity index (χ0) is 12.0. The van der Waals surface area contributed by atoms with E-state index < -0.39 is 12.2 Å². The number of hydrogen-bond donors (Lipinski definition) is 2. The summed E-state index contributed by atoms with van der Waals surface area (Å²) >= 11 is 0. The first-order valence-corrected chi connectivity index (χ1v) is 4.55. The second-order valence-electron chi connectivity index (χ2n) is 3.10. The highest BCUT2D eigenvalue weighted by molar-refractivity contribution is 5.62. The minimum absolute atomic E-state index is 0.163. The van der Waals surface area contributed by atoms with Crippen LogP contribution in [0.15, 0.2) is 24.3 Å². The van der Waals surface area contributed by atoms with E-state index in [1.54, 1.807) is 24.3 Å². The summed E-state index contributed by atoms with van der Waals surface area (Å²) in [6.07, 6.45) is -2.66. The third-order valence-corrected chi connectivity index (χ3v) is 1.90. The van der Waals surface area contributed by atoms with E-state index in [-0.39, 0.29) is 13.1 Å². The molecule has 0 unspecified atom stereocenters. The van der Waals surface area contributed by atoms with Gasteiger partial charge in [-0.25, -0.2) is 0 Å². The molecular weight excluding hydrogens is 212 g/mol. The molecule has 86 valence electrons. The fraction of sp³-hybridized carbons (Fsp3) is 0.200. The lowest BCUT2D eigenvalue weighted by molar-refractivity contribution is -0.252. The number of carbonyl (C=O) groups excluding carboxylic acids is 2. The van der Waals surface area contributed by atoms with Gasteiger partial charge >= 0.3 is 0 Å². The van der Waals surface area contributed by atoms with Crippen molar-refractivity contribution in [3.05, 3.63) is 35.4 Å². The van der Waals surface area contributed by atoms with Gasteiger partial charge in [-0.1, -0.05) is 24.3 Å². The van der Waals surface area contributed by atoms with Crippen molar-refractivity contribution in [1.29, 1.82) is 0 Å². The van der Waals surface area contributed by atoms with Gasteiger partial charge in [0.1, 0.15) is 12.2 Å². The van der Waals surface area contributed by atoms with Gasteiger partial charge in [0.2, 0.25) is 0 Å². The van der Waals surface area contributed by atoms with Crippen molar-refractivity contribution in [3.8, 4) is 0 Å². The van der Waals surface area contributed by atoms with Crippen LogP contribution in [0, 0.1) is 0 Å². The minimum Gasteiger partial charge on any atom is -0.530 e. The van der Waals surface area contributed by atoms with Gasteiger partial charge in [0.05, 0.1) is 0 Å². The Hall–Kier alpha value is -2.24. The summed E-state index contributed by atoms with van der Waals surface area (Å²) < 4.78 is 0. The van der Waals surface area contributed by atoms with E-state index in [0.717, 1.165) is 11.1 Å². The molecule has 0 aliphatic rings. The van der Waals surface area contributed by atoms with Crippen molar-refractivity contribution < 1.29 is 19.8 Å². The molecule has 0 saturated heterocycles. The molecule has 0 aromatic heterocycles. The standard InChI is InChI=1S/C10H12N2O4/c13-9(14)11-5-7-1-2-8(4-3-7)6-12-10(15)16/h1-4,11-12H,5-6H2,(H,13,14)(H,15,16)/p-2. The smallest absolute Gasteiger partial charge is 0.134 e. The van der Waals surface area contributed by atoms with Gasteiger partial charge in [-0.05, 0) is 11.1 Å². The molecule has 0 aliphatic heterocycles. The van der Waals surface area contributed by atoms with Gasteiger partial charge in [-0.3, -0.25) is 0 Å². The molecule has 0 atom stereocenters. The lowest BCUT2D eigenvalue weighted by Crippen LogP contribution is -2.36. The Balaban J connectivity index is 2.47. The van der Waals surface area contributed by atoms with Crippen LogP contribution in [-0.4, -0.2) is 12.2 Å². The van der Waals surface area contributed by atoms with E-state index in [1.165, 1.54) is 0 Å². The molecule has 0 aliphatic carbocycles. The first-order valence-electron chi connectivity index (χ1n) is 4.55. The van der Waals surface area contributed by atoms with Crippen LogP contribution in [0.2, 0.25) is 0 Å². The molecule has 6 nitrogen and oxygen atoms in total. The van der Waals surface area contributed by atoms with E-state index in [9.17, 15) is 19.8 Å². The molecule has 0 fully saturated rings. The number of benzene rings is 1. The summed E-state index contributed by atoms with van der Waals surface area (Å²) in [4.78, 5) is 20.2. The summed E-state index contributed by atoms with van der Waals surface area (Å²) in [5.41, 5.74) is 1.53. The van der Waals surface area contributed by atoms with Crippen molar-refractivity contribution >= 4 is 12.2 Å². The van der Waals surface area contributed by atoms with Crippen LogP contribution in [-0.2, 0) is 13.1 Å². The summed E-state index contributed by atoms with van der Waals surface area (Å²) in [5.74, 6) is 0. The van der Waals surface area contributed by atoms with Gasteiger partial charge in [0.25, 0.3) is 0 Å². The average Bonchev–Trinajstić information content (AvgIpc) is 2.25. The first kappa shape index (κ1) is 11.8. The first-order chi connectivity index (χ1) is 7.58. The molecule has 1 rings (SSSR count). The van der Waals surface area contributed by atoms with Crippen LogP contribution in [0.5, 0.6) is 0 Å². The predicted molar refractivity (Wildman–Crippen MR) is 50.9 cm³/mol. The lowest BCUT2D eigenvalue weighted by Gasteiger charge is -2.09. The molecule has 2 amide bonds. The van der Waals surface area contributed by atoms with E-state index in [2.05, 4.69) is 10.6 Å². The van der Waals surface area contributed by atoms with Crippen LogP contribution in [0.3, 0.4) is 0 Å². The Morgan fingerprint density at radius 2 is 1.19 bits per heavy atom. The highest BCUT2D eigenvalue weighted by atomic mass is 16.4. The monoisotopic (exact) mass is 222 g/mol. The van der Waals surface area contributed by atoms with Gasteiger partial charge in [0, 0.05) is 13.1 Å². The molecule has 0 heterocycles. The number of nitrogens with one attached hydrogen (secondary N) is 2. The zero-order valence-electron chi connectivity index (χ0n) is 8.36. The summed E-state index contributed by atoms with van der Waals surface area (Å²) in [6, 6.07) is 6.79. The lowest BCUT2D eigenvalue weighted by atomic mass is 10.1. The third-order valence-electron chi connectivity index (χ3n) is 1.90. The normalized spacial score (nSPS) is 9.50. The number of rotatable bonds is 4. The number of carbonyl (C=O) groups is 2. The number of carboxylic acid groups (broad SMARTS) is 2. The predicted octanol–water partition coefficient (Wildman–Crippen LogP) is -1.45. The molecule has 0 spiro atoms. The summed E-state index contributed by atoms with van der Waals surface area (Å²) in [7, 11) is 0. The fourth-order valence-electron chi connectivity index (χ4n) is 1.12. The molecule has 1 aromatic rings. The second kappa shape index (κ2) is 5.59. The van der Waals surface area contributed by atoms with Gasteiger partial charge < -0.3 is 30.4 Å². The van der Waals surface area contributed by atoms with E-state index in [4.69, 9.17) is 0 Å². The van der Waals surface area contributed by atoms with Crippen molar-refractivity contribution in [1.82, 2.24) is 10.6 Å². The molecular formula is C10H10N2O4-2. The van der Waals surface area contributed by atoms with Crippen molar-refractivity contribution in [3.63, 3.8) is 0 Å². The quantitative estimate of drug-likeness (QED) is 0.650. The van der Waals surface area contributed by atoms with Crippen LogP contribution in [0.25, 0.3) is 0 Å². The third kappa shape index (κ3) is 4.32. The maximum atomic E-state index is 10.1. The second-order valence-corrected chi connectivity index (χ2v) is 3.10. The van der Waals surface area contributed by atoms with Crippen LogP contribution >= 0.6 is 0 Å². The Bertz CT molecular complexity index is 338. The van der Waals surface area contributed by atoms with Gasteiger partial charge in [-0.15, -0.1) is 0 Å². The Kier molecular flexibility index (Phi) is 4.14. The molecule has 16 heavy (non-hydrogen) atoms. The maximum absolute atomic E-state index is 10.1. The van der Waals surface area contributed by atoms with Gasteiger partial charge in [0.15, 0.2) is 0 Å². The molecule has 0 bridgehead atoms. The Morgan fingerprint density at radius 1 is 0.875 bits per heavy atom. The van der Waals surface area contributed by atoms with Crippen molar-refractivity contribution in [2.45, 2.75) is 13.1 Å².